The minimum absolute atomic E-state index is 0. The highest BCUT2D eigenvalue weighted by Crippen LogP contribution is 2.30. The van der Waals surface area contributed by atoms with Crippen LogP contribution in [0.1, 0.15) is 29.3 Å². The molecule has 6 nitrogen and oxygen atoms in total. The second-order valence-corrected chi connectivity index (χ2v) is 6.14. The molecule has 0 radical (unpaired) electrons. The molecule has 1 aromatic heterocycles. The summed E-state index contributed by atoms with van der Waals surface area (Å²) in [4.78, 5) is 18.8. The topological polar surface area (TPSA) is 63.7 Å². The number of amides is 1. The minimum Gasteiger partial charge on any atom is -0.490 e. The van der Waals surface area contributed by atoms with Crippen LogP contribution in [0.5, 0.6) is 11.5 Å². The Hall–Kier alpha value is -2.02. The summed E-state index contributed by atoms with van der Waals surface area (Å²) in [5, 5.41) is 3.31. The predicted octanol–water partition coefficient (Wildman–Crippen LogP) is 3.34. The maximum atomic E-state index is 12.8. The lowest BCUT2D eigenvalue weighted by Gasteiger charge is -2.21. The molecule has 0 aliphatic carbocycles. The monoisotopic (exact) mass is 427 g/mol. The van der Waals surface area contributed by atoms with Gasteiger partial charge in [-0.3, -0.25) is 9.78 Å². The van der Waals surface area contributed by atoms with E-state index in [1.165, 1.54) is 0 Å². The Balaban J connectivity index is 0.00000196. The zero-order valence-corrected chi connectivity index (χ0v) is 17.6. The van der Waals surface area contributed by atoms with E-state index in [1.807, 2.05) is 36.1 Å². The first kappa shape index (κ1) is 24.0. The first-order valence-corrected chi connectivity index (χ1v) is 9.06. The predicted molar refractivity (Wildman–Crippen MR) is 114 cm³/mol. The Morgan fingerprint density at radius 1 is 1.14 bits per heavy atom. The molecule has 2 heterocycles. The van der Waals surface area contributed by atoms with Crippen LogP contribution in [0.2, 0.25) is 0 Å². The van der Waals surface area contributed by atoms with Gasteiger partial charge in [-0.05, 0) is 44.2 Å². The van der Waals surface area contributed by atoms with Crippen LogP contribution in [-0.4, -0.2) is 48.6 Å². The standard InChI is InChI=1S/C20H25N3O3.2ClH/c1-2-25-19-13-17(20(24)23-11-4-9-21-10-12-23)6-7-18(19)26-15-16-5-3-8-22-14-16;;/h3,5-8,13-14,21H,2,4,9-12,15H2,1H3;2*1H. The molecule has 1 aliphatic heterocycles. The van der Waals surface area contributed by atoms with Crippen molar-refractivity contribution in [3.63, 3.8) is 0 Å². The van der Waals surface area contributed by atoms with Gasteiger partial charge in [-0.25, -0.2) is 0 Å². The molecule has 1 aliphatic rings. The number of aromatic nitrogens is 1. The molecule has 0 spiro atoms. The lowest BCUT2D eigenvalue weighted by Crippen LogP contribution is -2.34. The quantitative estimate of drug-likeness (QED) is 0.765. The minimum atomic E-state index is 0. The van der Waals surface area contributed by atoms with Gasteiger partial charge in [-0.1, -0.05) is 6.07 Å². The van der Waals surface area contributed by atoms with Crippen molar-refractivity contribution < 1.29 is 14.3 Å². The zero-order valence-electron chi connectivity index (χ0n) is 15.9. The van der Waals surface area contributed by atoms with Crippen LogP contribution in [0.25, 0.3) is 0 Å². The fraction of sp³-hybridized carbons (Fsp3) is 0.400. The van der Waals surface area contributed by atoms with Crippen LogP contribution in [0.15, 0.2) is 42.7 Å². The molecule has 1 N–H and O–H groups in total. The van der Waals surface area contributed by atoms with Gasteiger partial charge in [0.2, 0.25) is 0 Å². The first-order valence-electron chi connectivity index (χ1n) is 9.06. The van der Waals surface area contributed by atoms with Gasteiger partial charge in [0, 0.05) is 43.2 Å². The largest absolute Gasteiger partial charge is 0.490 e. The Bertz CT molecular complexity index is 724. The third-order valence-corrected chi connectivity index (χ3v) is 4.23. The van der Waals surface area contributed by atoms with Crippen molar-refractivity contribution in [1.82, 2.24) is 15.2 Å². The van der Waals surface area contributed by atoms with Crippen molar-refractivity contribution in [3.8, 4) is 11.5 Å². The summed E-state index contributed by atoms with van der Waals surface area (Å²) in [7, 11) is 0. The number of nitrogens with zero attached hydrogens (tertiary/aromatic N) is 2. The van der Waals surface area contributed by atoms with Crippen molar-refractivity contribution in [2.24, 2.45) is 0 Å². The average Bonchev–Trinajstić information content (AvgIpc) is 2.97. The van der Waals surface area contributed by atoms with Gasteiger partial charge < -0.3 is 19.7 Å². The second kappa shape index (κ2) is 12.4. The van der Waals surface area contributed by atoms with Crippen LogP contribution in [0, 0.1) is 0 Å². The van der Waals surface area contributed by atoms with Crippen LogP contribution in [0.4, 0.5) is 0 Å². The molecule has 3 rings (SSSR count). The lowest BCUT2D eigenvalue weighted by molar-refractivity contribution is 0.0766. The molecule has 1 aromatic carbocycles. The van der Waals surface area contributed by atoms with Gasteiger partial charge in [0.1, 0.15) is 6.61 Å². The zero-order chi connectivity index (χ0) is 18.2. The van der Waals surface area contributed by atoms with Gasteiger partial charge in [0.25, 0.3) is 5.91 Å². The molecule has 1 saturated heterocycles. The highest BCUT2D eigenvalue weighted by molar-refractivity contribution is 5.95. The molecule has 28 heavy (non-hydrogen) atoms. The summed E-state index contributed by atoms with van der Waals surface area (Å²) < 4.78 is 11.6. The van der Waals surface area contributed by atoms with Crippen molar-refractivity contribution in [3.05, 3.63) is 53.9 Å². The number of benzene rings is 1. The molecular weight excluding hydrogens is 401 g/mol. The fourth-order valence-corrected chi connectivity index (χ4v) is 2.90. The number of halogens is 2. The Morgan fingerprint density at radius 2 is 2.00 bits per heavy atom. The number of ether oxygens (including phenoxy) is 2. The van der Waals surface area contributed by atoms with E-state index in [2.05, 4.69) is 10.3 Å². The molecule has 1 amide bonds. The van der Waals surface area contributed by atoms with Crippen molar-refractivity contribution in [1.29, 1.82) is 0 Å². The van der Waals surface area contributed by atoms with Crippen molar-refractivity contribution in [2.45, 2.75) is 20.0 Å². The van der Waals surface area contributed by atoms with Crippen molar-refractivity contribution >= 4 is 30.7 Å². The van der Waals surface area contributed by atoms with E-state index in [0.29, 0.717) is 30.3 Å². The summed E-state index contributed by atoms with van der Waals surface area (Å²) in [6.45, 7) is 6.11. The van der Waals surface area contributed by atoms with E-state index in [0.717, 1.165) is 38.2 Å². The number of carbonyl (C=O) groups is 1. The molecule has 154 valence electrons. The summed E-state index contributed by atoms with van der Waals surface area (Å²) in [5.74, 6) is 1.26. The summed E-state index contributed by atoms with van der Waals surface area (Å²) >= 11 is 0. The molecule has 1 fully saturated rings. The molecule has 0 atom stereocenters. The third-order valence-electron chi connectivity index (χ3n) is 4.23. The van der Waals surface area contributed by atoms with Crippen LogP contribution >= 0.6 is 24.8 Å². The molecule has 0 saturated carbocycles. The van der Waals surface area contributed by atoms with Crippen molar-refractivity contribution in [2.75, 3.05) is 32.8 Å². The molecule has 0 bridgehead atoms. The number of rotatable bonds is 6. The number of pyridine rings is 1. The normalized spacial score (nSPS) is 13.5. The first-order chi connectivity index (χ1) is 12.8. The Kier molecular flexibility index (Phi) is 10.7. The maximum Gasteiger partial charge on any atom is 0.254 e. The number of hydrogen-bond donors (Lipinski definition) is 1. The molecule has 8 heteroatoms. The van der Waals surface area contributed by atoms with E-state index in [4.69, 9.17) is 9.47 Å². The van der Waals surface area contributed by atoms with Gasteiger partial charge in [0.05, 0.1) is 6.61 Å². The average molecular weight is 428 g/mol. The highest BCUT2D eigenvalue weighted by Gasteiger charge is 2.19. The van der Waals surface area contributed by atoms with E-state index in [-0.39, 0.29) is 30.7 Å². The number of carbonyl (C=O) groups excluding carboxylic acids is 1. The number of nitrogens with one attached hydrogen (secondary N) is 1. The molecular formula is C20H27Cl2N3O3. The Morgan fingerprint density at radius 3 is 2.75 bits per heavy atom. The maximum absolute atomic E-state index is 12.8. The third kappa shape index (κ3) is 6.55. The molecule has 2 aromatic rings. The Labute approximate surface area is 178 Å². The van der Waals surface area contributed by atoms with Crippen LogP contribution < -0.4 is 14.8 Å². The highest BCUT2D eigenvalue weighted by atomic mass is 35.5. The van der Waals surface area contributed by atoms with E-state index < -0.39 is 0 Å². The molecule has 0 unspecified atom stereocenters. The number of hydrogen-bond acceptors (Lipinski definition) is 5. The van der Waals surface area contributed by atoms with E-state index >= 15 is 0 Å². The van der Waals surface area contributed by atoms with Crippen LogP contribution in [-0.2, 0) is 6.61 Å². The summed E-state index contributed by atoms with van der Waals surface area (Å²) in [5.41, 5.74) is 1.61. The van der Waals surface area contributed by atoms with Crippen LogP contribution in [0.3, 0.4) is 0 Å². The van der Waals surface area contributed by atoms with Gasteiger partial charge in [-0.15, -0.1) is 24.8 Å². The lowest BCUT2D eigenvalue weighted by atomic mass is 10.1. The smallest absolute Gasteiger partial charge is 0.254 e. The van der Waals surface area contributed by atoms with E-state index in [9.17, 15) is 4.79 Å². The second-order valence-electron chi connectivity index (χ2n) is 6.14. The van der Waals surface area contributed by atoms with E-state index in [1.54, 1.807) is 18.5 Å². The SMILES string of the molecule is CCOc1cc(C(=O)N2CCCNCC2)ccc1OCc1cccnc1.Cl.Cl. The van der Waals surface area contributed by atoms with Gasteiger partial charge >= 0.3 is 0 Å². The fourth-order valence-electron chi connectivity index (χ4n) is 2.90. The summed E-state index contributed by atoms with van der Waals surface area (Å²) in [6, 6.07) is 9.23. The summed E-state index contributed by atoms with van der Waals surface area (Å²) in [6.07, 6.45) is 4.47. The van der Waals surface area contributed by atoms with Gasteiger partial charge in [-0.2, -0.15) is 0 Å². The van der Waals surface area contributed by atoms with Gasteiger partial charge in [0.15, 0.2) is 11.5 Å².